The Labute approximate surface area is 115 Å². The molecular weight excluding hydrogens is 334 g/mol. The second-order valence-electron chi connectivity index (χ2n) is 3.70. The normalized spacial score (nSPS) is 11.4. The van der Waals surface area contributed by atoms with Crippen LogP contribution in [-0.2, 0) is 0 Å². The number of hydrogen-bond donors (Lipinski definition) is 1. The number of halogens is 5. The van der Waals surface area contributed by atoms with Crippen LogP contribution >= 0.6 is 15.9 Å². The molecule has 1 amide bonds. The summed E-state index contributed by atoms with van der Waals surface area (Å²) in [5, 5.41) is 9.13. The van der Waals surface area contributed by atoms with Crippen molar-refractivity contribution in [2.75, 3.05) is 18.4 Å². The number of carbonyl (C=O) groups is 1. The molecule has 0 atom stereocenters. The largest absolute Gasteiger partial charge is 0.508 e. The molecule has 1 aromatic carbocycles. The van der Waals surface area contributed by atoms with Gasteiger partial charge in [-0.05, 0) is 12.1 Å². The number of phenols is 1. The first-order chi connectivity index (χ1) is 8.74. The van der Waals surface area contributed by atoms with Crippen LogP contribution in [-0.4, -0.2) is 40.5 Å². The first kappa shape index (κ1) is 15.7. The van der Waals surface area contributed by atoms with Gasteiger partial charge in [0, 0.05) is 17.9 Å². The molecule has 0 saturated carbocycles. The van der Waals surface area contributed by atoms with Crippen LogP contribution in [0.1, 0.15) is 10.4 Å². The highest BCUT2D eigenvalue weighted by molar-refractivity contribution is 9.09. The van der Waals surface area contributed by atoms with Gasteiger partial charge in [0.25, 0.3) is 5.91 Å². The SMILES string of the molecule is O=C(c1ccc(O)cc1F)N(CCBr)CC(F)(F)F. The molecule has 0 fully saturated rings. The molecule has 3 nitrogen and oxygen atoms in total. The van der Waals surface area contributed by atoms with Crippen LogP contribution in [0.4, 0.5) is 17.6 Å². The quantitative estimate of drug-likeness (QED) is 0.674. The second kappa shape index (κ2) is 6.23. The zero-order chi connectivity index (χ0) is 14.6. The van der Waals surface area contributed by atoms with Gasteiger partial charge in [-0.3, -0.25) is 4.79 Å². The molecule has 19 heavy (non-hydrogen) atoms. The van der Waals surface area contributed by atoms with Crippen molar-refractivity contribution in [3.05, 3.63) is 29.6 Å². The Kier molecular flexibility index (Phi) is 5.16. The third-order valence-corrected chi connectivity index (χ3v) is 2.55. The van der Waals surface area contributed by atoms with Crippen molar-refractivity contribution in [3.63, 3.8) is 0 Å². The van der Waals surface area contributed by atoms with Gasteiger partial charge in [0.1, 0.15) is 18.1 Å². The van der Waals surface area contributed by atoms with Crippen LogP contribution < -0.4 is 0 Å². The highest BCUT2D eigenvalue weighted by atomic mass is 79.9. The third kappa shape index (κ3) is 4.70. The summed E-state index contributed by atoms with van der Waals surface area (Å²) in [6.45, 7) is -1.67. The first-order valence-electron chi connectivity index (χ1n) is 5.15. The fourth-order valence-corrected chi connectivity index (χ4v) is 1.85. The topological polar surface area (TPSA) is 40.5 Å². The number of rotatable bonds is 4. The van der Waals surface area contributed by atoms with Crippen LogP contribution in [0.5, 0.6) is 5.75 Å². The van der Waals surface area contributed by atoms with Gasteiger partial charge < -0.3 is 10.0 Å². The zero-order valence-corrected chi connectivity index (χ0v) is 11.1. The van der Waals surface area contributed by atoms with Crippen LogP contribution in [0.25, 0.3) is 0 Å². The van der Waals surface area contributed by atoms with E-state index in [0.29, 0.717) is 11.0 Å². The molecule has 0 aliphatic heterocycles. The number of aromatic hydroxyl groups is 1. The predicted molar refractivity (Wildman–Crippen MR) is 63.8 cm³/mol. The molecule has 0 unspecified atom stereocenters. The maximum atomic E-state index is 13.4. The maximum Gasteiger partial charge on any atom is 0.406 e. The third-order valence-electron chi connectivity index (χ3n) is 2.19. The lowest BCUT2D eigenvalue weighted by Crippen LogP contribution is -2.40. The van der Waals surface area contributed by atoms with Crippen molar-refractivity contribution in [1.29, 1.82) is 0 Å². The van der Waals surface area contributed by atoms with E-state index < -0.39 is 35.8 Å². The fraction of sp³-hybridized carbons (Fsp3) is 0.364. The molecule has 0 saturated heterocycles. The van der Waals surface area contributed by atoms with Gasteiger partial charge in [-0.15, -0.1) is 0 Å². The lowest BCUT2D eigenvalue weighted by molar-refractivity contribution is -0.140. The fourth-order valence-electron chi connectivity index (χ4n) is 1.42. The van der Waals surface area contributed by atoms with Crippen LogP contribution in [0.3, 0.4) is 0 Å². The van der Waals surface area contributed by atoms with Gasteiger partial charge in [0.05, 0.1) is 5.56 Å². The number of alkyl halides is 4. The van der Waals surface area contributed by atoms with E-state index in [0.717, 1.165) is 12.1 Å². The van der Waals surface area contributed by atoms with Crippen molar-refractivity contribution in [3.8, 4) is 5.75 Å². The minimum Gasteiger partial charge on any atom is -0.508 e. The highest BCUT2D eigenvalue weighted by Gasteiger charge is 2.33. The van der Waals surface area contributed by atoms with Crippen molar-refractivity contribution >= 4 is 21.8 Å². The lowest BCUT2D eigenvalue weighted by atomic mass is 10.1. The predicted octanol–water partition coefficient (Wildman–Crippen LogP) is 2.93. The van der Waals surface area contributed by atoms with Crippen LogP contribution in [0.2, 0.25) is 0 Å². The van der Waals surface area contributed by atoms with Gasteiger partial charge in [-0.2, -0.15) is 13.2 Å². The Hall–Kier alpha value is -1.31. The molecule has 106 valence electrons. The summed E-state index contributed by atoms with van der Waals surface area (Å²) in [7, 11) is 0. The lowest BCUT2D eigenvalue weighted by Gasteiger charge is -2.23. The van der Waals surface area contributed by atoms with Crippen molar-refractivity contribution < 1.29 is 27.5 Å². The smallest absolute Gasteiger partial charge is 0.406 e. The van der Waals surface area contributed by atoms with E-state index in [9.17, 15) is 22.4 Å². The van der Waals surface area contributed by atoms with E-state index in [1.54, 1.807) is 0 Å². The molecule has 0 aliphatic rings. The number of hydrogen-bond acceptors (Lipinski definition) is 2. The molecule has 0 spiro atoms. The monoisotopic (exact) mass is 343 g/mol. The van der Waals surface area contributed by atoms with E-state index in [-0.39, 0.29) is 11.9 Å². The standard InChI is InChI=1S/C11H10BrF4NO2/c12-3-4-17(6-11(14,15)16)10(19)8-2-1-7(18)5-9(8)13/h1-2,5,18H,3-4,6H2. The van der Waals surface area contributed by atoms with E-state index in [1.807, 2.05) is 0 Å². The van der Waals surface area contributed by atoms with Gasteiger partial charge >= 0.3 is 6.18 Å². The van der Waals surface area contributed by atoms with Crippen LogP contribution in [0.15, 0.2) is 18.2 Å². The molecule has 0 heterocycles. The Balaban J connectivity index is 2.99. The van der Waals surface area contributed by atoms with Crippen molar-refractivity contribution in [1.82, 2.24) is 4.90 Å². The highest BCUT2D eigenvalue weighted by Crippen LogP contribution is 2.21. The Morgan fingerprint density at radius 1 is 1.37 bits per heavy atom. The van der Waals surface area contributed by atoms with E-state index in [1.165, 1.54) is 0 Å². The van der Waals surface area contributed by atoms with Crippen molar-refractivity contribution in [2.24, 2.45) is 0 Å². The molecule has 1 rings (SSSR count). The molecule has 0 aliphatic carbocycles. The summed E-state index contributed by atoms with van der Waals surface area (Å²) in [6, 6.07) is 2.66. The summed E-state index contributed by atoms with van der Waals surface area (Å²) in [5.74, 6) is -2.54. The summed E-state index contributed by atoms with van der Waals surface area (Å²) in [5.41, 5.74) is -0.511. The van der Waals surface area contributed by atoms with E-state index in [2.05, 4.69) is 15.9 Å². The minimum atomic E-state index is -4.56. The molecular formula is C11H10BrF4NO2. The minimum absolute atomic E-state index is 0.133. The Morgan fingerprint density at radius 3 is 2.47 bits per heavy atom. The molecule has 0 bridgehead atoms. The number of benzene rings is 1. The first-order valence-corrected chi connectivity index (χ1v) is 6.27. The summed E-state index contributed by atoms with van der Waals surface area (Å²) < 4.78 is 50.4. The van der Waals surface area contributed by atoms with Gasteiger partial charge in [-0.25, -0.2) is 4.39 Å². The molecule has 1 N–H and O–H groups in total. The van der Waals surface area contributed by atoms with Gasteiger partial charge in [0.2, 0.25) is 0 Å². The number of phenolic OH excluding ortho intramolecular Hbond substituents is 1. The molecule has 8 heteroatoms. The average Bonchev–Trinajstić information content (AvgIpc) is 2.26. The van der Waals surface area contributed by atoms with Crippen molar-refractivity contribution in [2.45, 2.75) is 6.18 Å². The maximum absolute atomic E-state index is 13.4. The van der Waals surface area contributed by atoms with E-state index in [4.69, 9.17) is 5.11 Å². The molecule has 1 aromatic rings. The summed E-state index contributed by atoms with van der Waals surface area (Å²) >= 11 is 2.93. The second-order valence-corrected chi connectivity index (χ2v) is 4.49. The van der Waals surface area contributed by atoms with Gasteiger partial charge in [0.15, 0.2) is 0 Å². The molecule has 0 radical (unpaired) electrons. The Morgan fingerprint density at radius 2 is 2.00 bits per heavy atom. The van der Waals surface area contributed by atoms with E-state index >= 15 is 0 Å². The average molecular weight is 344 g/mol. The van der Waals surface area contributed by atoms with Crippen LogP contribution in [0, 0.1) is 5.82 Å². The molecule has 0 aromatic heterocycles. The summed E-state index contributed by atoms with van der Waals surface area (Å²) in [4.78, 5) is 12.3. The number of amides is 1. The van der Waals surface area contributed by atoms with Gasteiger partial charge in [-0.1, -0.05) is 15.9 Å². The Bertz CT molecular complexity index is 464. The number of carbonyl (C=O) groups excluding carboxylic acids is 1. The number of nitrogens with zero attached hydrogens (tertiary/aromatic N) is 1. The zero-order valence-electron chi connectivity index (χ0n) is 9.55. The summed E-state index contributed by atoms with van der Waals surface area (Å²) in [6.07, 6.45) is -4.56.